The number of rotatable bonds is 10. The molecule has 3 aromatic rings. The Labute approximate surface area is 227 Å². The zero-order valence-corrected chi connectivity index (χ0v) is 21.9. The number of morpholine rings is 1. The summed E-state index contributed by atoms with van der Waals surface area (Å²) in [5, 5.41) is 2.97. The van der Waals surface area contributed by atoms with Gasteiger partial charge >= 0.3 is 0 Å². The molecule has 0 saturated carbocycles. The maximum Gasteiger partial charge on any atom is 0.290 e. The Morgan fingerprint density at radius 1 is 1.00 bits per heavy atom. The summed E-state index contributed by atoms with van der Waals surface area (Å²) < 4.78 is 30.9. The fourth-order valence-corrected chi connectivity index (χ4v) is 4.99. The predicted octanol–water partition coefficient (Wildman–Crippen LogP) is 3.93. The Kier molecular flexibility index (Phi) is 9.03. The second-order valence-corrected chi connectivity index (χ2v) is 9.91. The zero-order chi connectivity index (χ0) is 27.0. The molecule has 39 heavy (non-hydrogen) atoms. The summed E-state index contributed by atoms with van der Waals surface area (Å²) in [5.74, 6) is -0.388. The van der Waals surface area contributed by atoms with Crippen LogP contribution in [0.25, 0.3) is 0 Å². The quantitative estimate of drug-likeness (QED) is 0.424. The van der Waals surface area contributed by atoms with Crippen LogP contribution in [0.1, 0.15) is 46.3 Å². The number of furan rings is 1. The van der Waals surface area contributed by atoms with Crippen molar-refractivity contribution in [3.63, 3.8) is 0 Å². The van der Waals surface area contributed by atoms with Gasteiger partial charge in [-0.3, -0.25) is 14.5 Å². The monoisotopic (exact) mass is 535 g/mol. The first-order chi connectivity index (χ1) is 19.1. The molecule has 0 unspecified atom stereocenters. The van der Waals surface area contributed by atoms with Crippen LogP contribution in [0.3, 0.4) is 0 Å². The summed E-state index contributed by atoms with van der Waals surface area (Å²) in [6, 6.07) is 17.6. The Bertz CT molecular complexity index is 1220. The molecule has 2 aliphatic heterocycles. The second kappa shape index (κ2) is 13.0. The van der Waals surface area contributed by atoms with Crippen LogP contribution < -0.4 is 5.32 Å². The fourth-order valence-electron chi connectivity index (χ4n) is 4.99. The lowest BCUT2D eigenvalue weighted by Gasteiger charge is -2.31. The number of nitrogens with one attached hydrogen (secondary N) is 1. The molecule has 0 spiro atoms. The van der Waals surface area contributed by atoms with Crippen molar-refractivity contribution in [2.45, 2.75) is 38.1 Å². The normalized spacial score (nSPS) is 18.5. The van der Waals surface area contributed by atoms with E-state index in [-0.39, 0.29) is 24.3 Å². The highest BCUT2D eigenvalue weighted by Crippen LogP contribution is 2.27. The zero-order valence-electron chi connectivity index (χ0n) is 21.9. The minimum absolute atomic E-state index is 0.0612. The molecule has 2 amide bonds. The number of hydrogen-bond acceptors (Lipinski definition) is 6. The van der Waals surface area contributed by atoms with E-state index < -0.39 is 17.8 Å². The molecule has 206 valence electrons. The highest BCUT2D eigenvalue weighted by Gasteiger charge is 2.34. The van der Waals surface area contributed by atoms with Crippen LogP contribution in [0.2, 0.25) is 0 Å². The number of ether oxygens (including phenoxy) is 2. The summed E-state index contributed by atoms with van der Waals surface area (Å²) in [6.07, 6.45) is 1.76. The first kappa shape index (κ1) is 27.1. The number of amides is 2. The summed E-state index contributed by atoms with van der Waals surface area (Å²) in [7, 11) is 0. The van der Waals surface area contributed by atoms with Crippen molar-refractivity contribution in [3.05, 3.63) is 95.2 Å². The van der Waals surface area contributed by atoms with E-state index in [0.717, 1.165) is 31.5 Å². The second-order valence-electron chi connectivity index (χ2n) is 9.91. The van der Waals surface area contributed by atoms with Gasteiger partial charge in [-0.2, -0.15) is 0 Å². The Morgan fingerprint density at radius 2 is 1.77 bits per heavy atom. The summed E-state index contributed by atoms with van der Waals surface area (Å²) in [5.41, 5.74) is 1.36. The van der Waals surface area contributed by atoms with Gasteiger partial charge in [0, 0.05) is 32.8 Å². The largest absolute Gasteiger partial charge is 0.455 e. The van der Waals surface area contributed by atoms with Gasteiger partial charge in [0.1, 0.15) is 17.6 Å². The lowest BCUT2D eigenvalue weighted by Crippen LogP contribution is -2.45. The average molecular weight is 536 g/mol. The van der Waals surface area contributed by atoms with Gasteiger partial charge in [0.2, 0.25) is 5.91 Å². The van der Waals surface area contributed by atoms with Crippen LogP contribution in [0.15, 0.2) is 71.1 Å². The van der Waals surface area contributed by atoms with Gasteiger partial charge in [-0.05, 0) is 48.2 Å². The first-order valence-corrected chi connectivity index (χ1v) is 13.5. The van der Waals surface area contributed by atoms with Crippen molar-refractivity contribution in [1.29, 1.82) is 0 Å². The summed E-state index contributed by atoms with van der Waals surface area (Å²) >= 11 is 0. The van der Waals surface area contributed by atoms with Gasteiger partial charge in [-0.25, -0.2) is 4.39 Å². The molecule has 3 heterocycles. The molecule has 1 aromatic heterocycles. The third-order valence-corrected chi connectivity index (χ3v) is 7.09. The van der Waals surface area contributed by atoms with Crippen LogP contribution in [0.5, 0.6) is 0 Å². The maximum atomic E-state index is 14.0. The van der Waals surface area contributed by atoms with Crippen LogP contribution in [-0.2, 0) is 27.4 Å². The molecule has 0 bridgehead atoms. The van der Waals surface area contributed by atoms with Crippen LogP contribution in [0, 0.1) is 5.82 Å². The average Bonchev–Trinajstić information content (AvgIpc) is 3.66. The molecule has 2 aliphatic rings. The number of nitrogens with zero attached hydrogens (tertiary/aromatic N) is 2. The number of carbonyl (C=O) groups is 2. The van der Waals surface area contributed by atoms with E-state index in [1.165, 1.54) is 17.0 Å². The van der Waals surface area contributed by atoms with Gasteiger partial charge in [-0.15, -0.1) is 0 Å². The van der Waals surface area contributed by atoms with Gasteiger partial charge in [0.05, 0.1) is 25.9 Å². The van der Waals surface area contributed by atoms with Crippen molar-refractivity contribution in [2.24, 2.45) is 0 Å². The molecular formula is C30H34FN3O5. The molecule has 1 N–H and O–H groups in total. The molecule has 2 fully saturated rings. The third-order valence-electron chi connectivity index (χ3n) is 7.09. The molecule has 5 rings (SSSR count). The van der Waals surface area contributed by atoms with E-state index in [4.69, 9.17) is 13.9 Å². The van der Waals surface area contributed by atoms with Crippen LogP contribution in [0.4, 0.5) is 4.39 Å². The molecule has 2 atom stereocenters. The topological polar surface area (TPSA) is 84.2 Å². The Hall–Kier alpha value is -3.53. The lowest BCUT2D eigenvalue weighted by atomic mass is 10.0. The van der Waals surface area contributed by atoms with Crippen molar-refractivity contribution < 1.29 is 27.9 Å². The molecule has 0 aliphatic carbocycles. The van der Waals surface area contributed by atoms with Gasteiger partial charge in [0.25, 0.3) is 5.91 Å². The Balaban J connectivity index is 1.43. The van der Waals surface area contributed by atoms with Gasteiger partial charge in [-0.1, -0.05) is 42.5 Å². The summed E-state index contributed by atoms with van der Waals surface area (Å²) in [4.78, 5) is 31.4. The maximum absolute atomic E-state index is 14.0. The van der Waals surface area contributed by atoms with Crippen molar-refractivity contribution >= 4 is 11.8 Å². The molecule has 2 saturated heterocycles. The highest BCUT2D eigenvalue weighted by atomic mass is 19.1. The fraction of sp³-hybridized carbons (Fsp3) is 0.400. The van der Waals surface area contributed by atoms with Gasteiger partial charge in [0.15, 0.2) is 5.76 Å². The lowest BCUT2D eigenvalue weighted by molar-refractivity contribution is -0.126. The number of halogens is 1. The van der Waals surface area contributed by atoms with E-state index in [1.54, 1.807) is 24.3 Å². The smallest absolute Gasteiger partial charge is 0.290 e. The third kappa shape index (κ3) is 7.11. The minimum atomic E-state index is -1.01. The standard InChI is InChI=1S/C30H34FN3O5/c31-24-10-8-23(9-11-24)28(29(35)32-19-25-7-4-16-38-25)34(20-22-5-2-1-3-6-22)30(36)27-13-12-26(39-27)21-33-14-17-37-18-15-33/h1-3,5-6,8-13,25,28H,4,7,14-21H2,(H,32,35)/t25-,28-/m0/s1. The predicted molar refractivity (Wildman–Crippen MR) is 142 cm³/mol. The SMILES string of the molecule is O=C(NC[C@@H]1CCCO1)[C@H](c1ccc(F)cc1)N(Cc1ccccc1)C(=O)c1ccc(CN2CCOCC2)o1. The Morgan fingerprint density at radius 3 is 2.49 bits per heavy atom. The molecule has 2 aromatic carbocycles. The molecule has 9 heteroatoms. The minimum Gasteiger partial charge on any atom is -0.455 e. The molecular weight excluding hydrogens is 501 g/mol. The summed E-state index contributed by atoms with van der Waals surface area (Å²) in [6.45, 7) is 4.66. The molecule has 0 radical (unpaired) electrons. The van der Waals surface area contributed by atoms with Crippen molar-refractivity contribution in [1.82, 2.24) is 15.1 Å². The van der Waals surface area contributed by atoms with Crippen LogP contribution in [-0.4, -0.2) is 67.2 Å². The van der Waals surface area contributed by atoms with Crippen molar-refractivity contribution in [2.75, 3.05) is 39.5 Å². The first-order valence-electron chi connectivity index (χ1n) is 13.5. The number of carbonyl (C=O) groups excluding carboxylic acids is 2. The van der Waals surface area contributed by atoms with E-state index in [9.17, 15) is 14.0 Å². The number of benzene rings is 2. The van der Waals surface area contributed by atoms with Crippen LogP contribution >= 0.6 is 0 Å². The number of hydrogen-bond donors (Lipinski definition) is 1. The van der Waals surface area contributed by atoms with E-state index in [1.807, 2.05) is 30.3 Å². The van der Waals surface area contributed by atoms with E-state index >= 15 is 0 Å². The van der Waals surface area contributed by atoms with E-state index in [2.05, 4.69) is 10.2 Å². The molecule has 8 nitrogen and oxygen atoms in total. The van der Waals surface area contributed by atoms with Gasteiger partial charge < -0.3 is 24.1 Å². The van der Waals surface area contributed by atoms with E-state index in [0.29, 0.717) is 44.2 Å². The van der Waals surface area contributed by atoms with Crippen molar-refractivity contribution in [3.8, 4) is 0 Å². The highest BCUT2D eigenvalue weighted by molar-refractivity contribution is 5.96.